The van der Waals surface area contributed by atoms with Crippen LogP contribution in [-0.4, -0.2) is 21.0 Å². The third-order valence-corrected chi connectivity index (χ3v) is 4.26. The monoisotopic (exact) mass is 298 g/mol. The van der Waals surface area contributed by atoms with Crippen molar-refractivity contribution in [2.45, 2.75) is 17.6 Å². The van der Waals surface area contributed by atoms with E-state index < -0.39 is 5.97 Å². The van der Waals surface area contributed by atoms with Crippen LogP contribution in [-0.2, 0) is 5.75 Å². The van der Waals surface area contributed by atoms with Crippen LogP contribution in [0.15, 0.2) is 47.4 Å². The lowest BCUT2D eigenvalue weighted by Crippen LogP contribution is -1.99. The first-order chi connectivity index (χ1) is 10.1. The highest BCUT2D eigenvalue weighted by Gasteiger charge is 2.09. The van der Waals surface area contributed by atoms with Crippen LogP contribution in [0.2, 0.25) is 0 Å². The molecule has 0 saturated heterocycles. The summed E-state index contributed by atoms with van der Waals surface area (Å²) in [5.41, 5.74) is 3.09. The predicted molar refractivity (Wildman–Crippen MR) is 83.8 cm³/mol. The number of carboxylic acids is 1. The van der Waals surface area contributed by atoms with Crippen LogP contribution in [0.25, 0.3) is 11.0 Å². The maximum atomic E-state index is 11.1. The van der Waals surface area contributed by atoms with E-state index >= 15 is 0 Å². The molecule has 1 aromatic heterocycles. The van der Waals surface area contributed by atoms with Gasteiger partial charge in [0.25, 0.3) is 0 Å². The van der Waals surface area contributed by atoms with E-state index in [4.69, 9.17) is 5.11 Å². The van der Waals surface area contributed by atoms with Crippen LogP contribution < -0.4 is 0 Å². The smallest absolute Gasteiger partial charge is 0.335 e. The van der Waals surface area contributed by atoms with Crippen molar-refractivity contribution < 1.29 is 9.90 Å². The fourth-order valence-electron chi connectivity index (χ4n) is 2.15. The van der Waals surface area contributed by atoms with E-state index in [1.54, 1.807) is 24.8 Å². The van der Waals surface area contributed by atoms with Gasteiger partial charge in [-0.25, -0.2) is 9.78 Å². The highest BCUT2D eigenvalue weighted by molar-refractivity contribution is 7.98. The zero-order chi connectivity index (χ0) is 14.8. The van der Waals surface area contributed by atoms with E-state index in [0.29, 0.717) is 11.3 Å². The Kier molecular flexibility index (Phi) is 3.66. The fourth-order valence-corrected chi connectivity index (χ4v) is 2.95. The molecular formula is C16H14N2O2S. The van der Waals surface area contributed by atoms with Crippen LogP contribution in [0.4, 0.5) is 0 Å². The summed E-state index contributed by atoms with van der Waals surface area (Å²) in [5, 5.41) is 9.14. The molecule has 21 heavy (non-hydrogen) atoms. The van der Waals surface area contributed by atoms with E-state index in [0.717, 1.165) is 27.3 Å². The van der Waals surface area contributed by atoms with Crippen LogP contribution in [0, 0.1) is 6.92 Å². The van der Waals surface area contributed by atoms with Crippen LogP contribution in [0.5, 0.6) is 0 Å². The molecule has 0 radical (unpaired) electrons. The lowest BCUT2D eigenvalue weighted by molar-refractivity contribution is 0.0696. The summed E-state index contributed by atoms with van der Waals surface area (Å²) in [7, 11) is 0. The Morgan fingerprint density at radius 1 is 1.29 bits per heavy atom. The van der Waals surface area contributed by atoms with Crippen molar-refractivity contribution in [2.75, 3.05) is 0 Å². The number of aromatic carboxylic acids is 1. The Morgan fingerprint density at radius 3 is 2.86 bits per heavy atom. The summed E-state index contributed by atoms with van der Waals surface area (Å²) >= 11 is 1.57. The second kappa shape index (κ2) is 5.61. The number of H-pyrrole nitrogens is 1. The molecule has 1 heterocycles. The molecule has 2 aromatic carbocycles. The number of nitrogens with one attached hydrogen (secondary N) is 1. The second-order valence-corrected chi connectivity index (χ2v) is 5.82. The molecule has 0 aliphatic rings. The first-order valence-electron chi connectivity index (χ1n) is 6.54. The van der Waals surface area contributed by atoms with Crippen molar-refractivity contribution in [1.29, 1.82) is 0 Å². The van der Waals surface area contributed by atoms with Crippen molar-refractivity contribution in [3.63, 3.8) is 0 Å². The molecule has 0 saturated carbocycles. The van der Waals surface area contributed by atoms with Crippen LogP contribution in [0.1, 0.15) is 21.7 Å². The van der Waals surface area contributed by atoms with Gasteiger partial charge in [-0.3, -0.25) is 0 Å². The zero-order valence-corrected chi connectivity index (χ0v) is 12.3. The van der Waals surface area contributed by atoms with Crippen LogP contribution in [0.3, 0.4) is 0 Å². The van der Waals surface area contributed by atoms with Gasteiger partial charge in [0, 0.05) is 4.90 Å². The Labute approximate surface area is 126 Å². The highest BCUT2D eigenvalue weighted by atomic mass is 32.2. The minimum atomic E-state index is -0.890. The summed E-state index contributed by atoms with van der Waals surface area (Å²) in [5.74, 6) is 0.675. The number of carbonyl (C=O) groups is 1. The summed E-state index contributed by atoms with van der Waals surface area (Å²) < 4.78 is 0. The lowest BCUT2D eigenvalue weighted by atomic mass is 10.1. The molecule has 4 nitrogen and oxygen atoms in total. The van der Waals surface area contributed by atoms with Crippen molar-refractivity contribution in [1.82, 2.24) is 9.97 Å². The number of para-hydroxylation sites is 2. The molecule has 0 fully saturated rings. The number of carboxylic acid groups (broad SMARTS) is 1. The molecule has 0 aliphatic heterocycles. The minimum absolute atomic E-state index is 0.351. The summed E-state index contributed by atoms with van der Waals surface area (Å²) in [4.78, 5) is 19.8. The zero-order valence-electron chi connectivity index (χ0n) is 11.5. The molecule has 0 amide bonds. The van der Waals surface area contributed by atoms with Crippen molar-refractivity contribution in [3.05, 3.63) is 59.4 Å². The third-order valence-electron chi connectivity index (χ3n) is 3.25. The van der Waals surface area contributed by atoms with Gasteiger partial charge in [-0.05, 0) is 36.8 Å². The number of benzene rings is 2. The number of thioether (sulfide) groups is 1. The fraction of sp³-hybridized carbons (Fsp3) is 0.125. The third kappa shape index (κ3) is 2.92. The van der Waals surface area contributed by atoms with Crippen LogP contribution >= 0.6 is 11.8 Å². The first kappa shape index (κ1) is 13.7. The Morgan fingerprint density at radius 2 is 2.10 bits per heavy atom. The average Bonchev–Trinajstić information content (AvgIpc) is 2.89. The minimum Gasteiger partial charge on any atom is -0.478 e. The van der Waals surface area contributed by atoms with Gasteiger partial charge in [0.15, 0.2) is 0 Å². The maximum Gasteiger partial charge on any atom is 0.335 e. The molecule has 0 bridgehead atoms. The molecule has 0 spiro atoms. The van der Waals surface area contributed by atoms with E-state index in [9.17, 15) is 4.79 Å². The van der Waals surface area contributed by atoms with Crippen molar-refractivity contribution >= 4 is 28.8 Å². The lowest BCUT2D eigenvalue weighted by Gasteiger charge is -2.04. The molecule has 0 aliphatic carbocycles. The standard InChI is InChI=1S/C16H14N2O2S/c1-10-6-7-11(8-12(10)16(19)20)21-9-15-17-13-4-2-3-5-14(13)18-15/h2-8H,9H2,1H3,(H,17,18)(H,19,20). The number of nitrogens with zero attached hydrogens (tertiary/aromatic N) is 1. The SMILES string of the molecule is Cc1ccc(SCc2nc3ccccc3[nH]2)cc1C(=O)O. The van der Waals surface area contributed by atoms with Gasteiger partial charge < -0.3 is 10.1 Å². The summed E-state index contributed by atoms with van der Waals surface area (Å²) in [6, 6.07) is 13.4. The average molecular weight is 298 g/mol. The molecule has 2 N–H and O–H groups in total. The van der Waals surface area contributed by atoms with Gasteiger partial charge in [0.1, 0.15) is 5.82 Å². The Bertz CT molecular complexity index is 778. The van der Waals surface area contributed by atoms with E-state index in [1.807, 2.05) is 36.4 Å². The molecule has 0 atom stereocenters. The predicted octanol–water partition coefficient (Wildman–Crippen LogP) is 3.86. The van der Waals surface area contributed by atoms with Gasteiger partial charge in [-0.1, -0.05) is 18.2 Å². The van der Waals surface area contributed by atoms with Crippen molar-refractivity contribution in [2.24, 2.45) is 0 Å². The maximum absolute atomic E-state index is 11.1. The van der Waals surface area contributed by atoms with Gasteiger partial charge in [0.05, 0.1) is 22.3 Å². The van der Waals surface area contributed by atoms with Gasteiger partial charge in [-0.15, -0.1) is 11.8 Å². The molecule has 3 rings (SSSR count). The molecule has 106 valence electrons. The number of hydrogen-bond acceptors (Lipinski definition) is 3. The molecule has 0 unspecified atom stereocenters. The first-order valence-corrected chi connectivity index (χ1v) is 7.52. The number of rotatable bonds is 4. The van der Waals surface area contributed by atoms with E-state index in [2.05, 4.69) is 9.97 Å². The van der Waals surface area contributed by atoms with Gasteiger partial charge >= 0.3 is 5.97 Å². The number of aryl methyl sites for hydroxylation is 1. The number of aromatic amines is 1. The molecular weight excluding hydrogens is 284 g/mol. The van der Waals surface area contributed by atoms with Gasteiger partial charge in [-0.2, -0.15) is 0 Å². The number of fused-ring (bicyclic) bond motifs is 1. The summed E-state index contributed by atoms with van der Waals surface area (Å²) in [6.45, 7) is 1.80. The highest BCUT2D eigenvalue weighted by Crippen LogP contribution is 2.25. The topological polar surface area (TPSA) is 66.0 Å². The molecule has 3 aromatic rings. The van der Waals surface area contributed by atoms with Crippen molar-refractivity contribution in [3.8, 4) is 0 Å². The largest absolute Gasteiger partial charge is 0.478 e. The number of aromatic nitrogens is 2. The quantitative estimate of drug-likeness (QED) is 0.718. The molecule has 5 heteroatoms. The van der Waals surface area contributed by atoms with E-state index in [-0.39, 0.29) is 0 Å². The summed E-state index contributed by atoms with van der Waals surface area (Å²) in [6.07, 6.45) is 0. The number of hydrogen-bond donors (Lipinski definition) is 2. The Balaban J connectivity index is 1.78. The van der Waals surface area contributed by atoms with Gasteiger partial charge in [0.2, 0.25) is 0 Å². The Hall–Kier alpha value is -2.27. The van der Waals surface area contributed by atoms with E-state index in [1.165, 1.54) is 0 Å². The normalized spacial score (nSPS) is 10.9. The number of imidazole rings is 1. The second-order valence-electron chi connectivity index (χ2n) is 4.77.